The maximum atomic E-state index is 8.27. The molecule has 0 aromatic rings. The number of rotatable bonds is 6. The average Bonchev–Trinajstić information content (AvgIpc) is 2.16. The predicted molar refractivity (Wildman–Crippen MR) is 52.1 cm³/mol. The fourth-order valence-corrected chi connectivity index (χ4v) is 0.546. The molecular weight excluding hydrogens is 168 g/mol. The van der Waals surface area contributed by atoms with Crippen molar-refractivity contribution in [3.8, 4) is 0 Å². The van der Waals surface area contributed by atoms with Crippen LogP contribution in [0.5, 0.6) is 0 Å². The van der Waals surface area contributed by atoms with Gasteiger partial charge in [0.25, 0.3) is 0 Å². The second-order valence-corrected chi connectivity index (χ2v) is 2.12. The number of aliphatic hydroxyl groups is 2. The summed E-state index contributed by atoms with van der Waals surface area (Å²) in [7, 11) is 0. The first kappa shape index (κ1) is 11.4. The van der Waals surface area contributed by atoms with Gasteiger partial charge in [-0.15, -0.1) is 0 Å². The summed E-state index contributed by atoms with van der Waals surface area (Å²) >= 11 is 0. The van der Waals surface area contributed by atoms with Gasteiger partial charge >= 0.3 is 0 Å². The Kier molecular flexibility index (Phi) is 9.05. The van der Waals surface area contributed by atoms with Crippen LogP contribution in [0.1, 0.15) is 12.8 Å². The van der Waals surface area contributed by atoms with Crippen molar-refractivity contribution in [2.24, 2.45) is 0 Å². The minimum Gasteiger partial charge on any atom is -0.516 e. The highest BCUT2D eigenvalue weighted by Gasteiger charge is 1.71. The Hall–Kier alpha value is -1.64. The van der Waals surface area contributed by atoms with Crippen LogP contribution in [0.4, 0.5) is 0 Å². The lowest BCUT2D eigenvalue weighted by Gasteiger charge is -1.87. The number of hydrogen-bond donors (Lipinski definition) is 2. The van der Waals surface area contributed by atoms with Crippen LogP contribution in [0.2, 0.25) is 0 Å². The normalized spacial score (nSPS) is 12.6. The zero-order chi connectivity index (χ0) is 9.78. The lowest BCUT2D eigenvalue weighted by molar-refractivity contribution is 0.399. The van der Waals surface area contributed by atoms with Gasteiger partial charge in [0.1, 0.15) is 0 Å². The molecule has 0 aromatic carbocycles. The van der Waals surface area contributed by atoms with E-state index in [9.17, 15) is 0 Å². The van der Waals surface area contributed by atoms with Gasteiger partial charge in [-0.2, -0.15) is 0 Å². The number of ether oxygens (including phenoxy) is 1. The van der Waals surface area contributed by atoms with E-state index >= 15 is 0 Å². The predicted octanol–water partition coefficient (Wildman–Crippen LogP) is 2.95. The van der Waals surface area contributed by atoms with Crippen molar-refractivity contribution >= 4 is 0 Å². The number of aliphatic hydroxyl groups excluding tert-OH is 2. The fraction of sp³-hybridized carbons (Fsp3) is 0.200. The summed E-state index contributed by atoms with van der Waals surface area (Å²) in [5.41, 5.74) is 0. The van der Waals surface area contributed by atoms with E-state index in [4.69, 9.17) is 14.9 Å². The van der Waals surface area contributed by atoms with Crippen molar-refractivity contribution in [2.75, 3.05) is 0 Å². The molecule has 0 rings (SSSR count). The molecule has 2 N–H and O–H groups in total. The van der Waals surface area contributed by atoms with Gasteiger partial charge in [-0.25, -0.2) is 0 Å². The van der Waals surface area contributed by atoms with Crippen LogP contribution < -0.4 is 0 Å². The third-order valence-electron chi connectivity index (χ3n) is 1.10. The van der Waals surface area contributed by atoms with Crippen LogP contribution in [0.15, 0.2) is 49.4 Å². The van der Waals surface area contributed by atoms with E-state index in [-0.39, 0.29) is 0 Å². The van der Waals surface area contributed by atoms with Crippen LogP contribution in [0.3, 0.4) is 0 Å². The molecule has 0 saturated carbocycles. The van der Waals surface area contributed by atoms with Crippen LogP contribution in [0.25, 0.3) is 0 Å². The topological polar surface area (TPSA) is 49.7 Å². The Morgan fingerprint density at radius 1 is 0.769 bits per heavy atom. The molecule has 0 aliphatic rings. The molecular formula is C10H14O3. The lowest BCUT2D eigenvalue weighted by atomic mass is 10.4. The number of allylic oxidation sites excluding steroid dienone is 4. The van der Waals surface area contributed by atoms with E-state index in [1.807, 2.05) is 0 Å². The summed E-state index contributed by atoms with van der Waals surface area (Å²) in [5, 5.41) is 16.5. The van der Waals surface area contributed by atoms with Crippen molar-refractivity contribution in [1.29, 1.82) is 0 Å². The highest BCUT2D eigenvalue weighted by atomic mass is 16.5. The summed E-state index contributed by atoms with van der Waals surface area (Å²) in [4.78, 5) is 0. The zero-order valence-corrected chi connectivity index (χ0v) is 7.34. The van der Waals surface area contributed by atoms with Crippen LogP contribution in [-0.4, -0.2) is 10.2 Å². The van der Waals surface area contributed by atoms with Crippen molar-refractivity contribution in [3.05, 3.63) is 49.4 Å². The Balaban J connectivity index is 3.32. The summed E-state index contributed by atoms with van der Waals surface area (Å²) in [6, 6.07) is 0. The second-order valence-electron chi connectivity index (χ2n) is 2.12. The fourth-order valence-electron chi connectivity index (χ4n) is 0.546. The van der Waals surface area contributed by atoms with E-state index in [1.165, 1.54) is 12.5 Å². The molecule has 3 heteroatoms. The molecule has 0 saturated heterocycles. The van der Waals surface area contributed by atoms with E-state index in [0.29, 0.717) is 12.8 Å². The van der Waals surface area contributed by atoms with E-state index in [1.54, 1.807) is 24.3 Å². The Morgan fingerprint density at radius 3 is 1.62 bits per heavy atom. The molecule has 3 nitrogen and oxygen atoms in total. The molecule has 72 valence electrons. The second kappa shape index (κ2) is 10.4. The summed E-state index contributed by atoms with van der Waals surface area (Å²) in [6.45, 7) is 0. The van der Waals surface area contributed by atoms with Crippen molar-refractivity contribution in [3.63, 3.8) is 0 Å². The van der Waals surface area contributed by atoms with Crippen molar-refractivity contribution < 1.29 is 14.9 Å². The highest BCUT2D eigenvalue weighted by Crippen LogP contribution is 1.89. The smallest absolute Gasteiger partial charge is 0.0864 e. The van der Waals surface area contributed by atoms with Gasteiger partial charge in [0.15, 0.2) is 0 Å². The largest absolute Gasteiger partial charge is 0.516 e. The molecule has 0 aliphatic heterocycles. The van der Waals surface area contributed by atoms with Crippen LogP contribution in [0, 0.1) is 0 Å². The average molecular weight is 182 g/mol. The molecule has 0 unspecified atom stereocenters. The maximum Gasteiger partial charge on any atom is 0.0864 e. The summed E-state index contributed by atoms with van der Waals surface area (Å²) in [5.74, 6) is 0. The minimum absolute atomic E-state index is 0.640. The molecule has 13 heavy (non-hydrogen) atoms. The maximum absolute atomic E-state index is 8.27. The first-order valence-corrected chi connectivity index (χ1v) is 3.95. The van der Waals surface area contributed by atoms with Gasteiger partial charge in [-0.1, -0.05) is 0 Å². The minimum atomic E-state index is 0.640. The SMILES string of the molecule is OC=CCC=COC=CCC=CO. The first-order chi connectivity index (χ1) is 6.41. The lowest BCUT2D eigenvalue weighted by Crippen LogP contribution is -1.66. The van der Waals surface area contributed by atoms with E-state index < -0.39 is 0 Å². The molecule has 0 spiro atoms. The van der Waals surface area contributed by atoms with Gasteiger partial charge in [0.05, 0.1) is 25.0 Å². The summed E-state index contributed by atoms with van der Waals surface area (Å²) in [6.07, 6.45) is 13.0. The van der Waals surface area contributed by atoms with Gasteiger partial charge in [0.2, 0.25) is 0 Å². The molecule has 0 heterocycles. The molecule has 0 aliphatic carbocycles. The highest BCUT2D eigenvalue weighted by molar-refractivity contribution is 4.89. The van der Waals surface area contributed by atoms with Gasteiger partial charge < -0.3 is 14.9 Å². The standard InChI is InChI=1S/C10H14O3/c11-7-3-1-5-9-13-10-6-2-4-8-12/h3-12H,1-2H2. The molecule has 0 bridgehead atoms. The van der Waals surface area contributed by atoms with Gasteiger partial charge in [-0.05, 0) is 37.1 Å². The van der Waals surface area contributed by atoms with Crippen molar-refractivity contribution in [2.45, 2.75) is 12.8 Å². The van der Waals surface area contributed by atoms with Crippen molar-refractivity contribution in [1.82, 2.24) is 0 Å². The Labute approximate surface area is 78.0 Å². The molecule has 0 radical (unpaired) electrons. The van der Waals surface area contributed by atoms with Crippen LogP contribution >= 0.6 is 0 Å². The van der Waals surface area contributed by atoms with E-state index in [0.717, 1.165) is 12.5 Å². The zero-order valence-electron chi connectivity index (χ0n) is 7.34. The quantitative estimate of drug-likeness (QED) is 0.621. The Morgan fingerprint density at radius 2 is 1.23 bits per heavy atom. The van der Waals surface area contributed by atoms with Gasteiger partial charge in [-0.3, -0.25) is 0 Å². The molecule has 0 atom stereocenters. The van der Waals surface area contributed by atoms with E-state index in [2.05, 4.69) is 0 Å². The molecule has 0 aromatic heterocycles. The first-order valence-electron chi connectivity index (χ1n) is 3.95. The third kappa shape index (κ3) is 10.4. The van der Waals surface area contributed by atoms with Gasteiger partial charge in [0, 0.05) is 0 Å². The third-order valence-corrected chi connectivity index (χ3v) is 1.10. The van der Waals surface area contributed by atoms with Crippen LogP contribution in [-0.2, 0) is 4.74 Å². The molecule has 0 amide bonds. The molecule has 0 fully saturated rings. The Bertz CT molecular complexity index is 180. The monoisotopic (exact) mass is 182 g/mol. The summed E-state index contributed by atoms with van der Waals surface area (Å²) < 4.78 is 4.93. The number of hydrogen-bond acceptors (Lipinski definition) is 3.